The summed E-state index contributed by atoms with van der Waals surface area (Å²) in [6, 6.07) is 7.80. The lowest BCUT2D eigenvalue weighted by molar-refractivity contribution is 0.290. The molecule has 0 saturated carbocycles. The summed E-state index contributed by atoms with van der Waals surface area (Å²) in [5.41, 5.74) is 6.89. The molecular formula is C13H18N4O. The summed E-state index contributed by atoms with van der Waals surface area (Å²) in [4.78, 5) is 0. The lowest BCUT2D eigenvalue weighted by Crippen LogP contribution is -2.06. The third kappa shape index (κ3) is 2.68. The van der Waals surface area contributed by atoms with Crippen LogP contribution >= 0.6 is 0 Å². The molecule has 0 unspecified atom stereocenters. The Hall–Kier alpha value is -1.88. The van der Waals surface area contributed by atoms with E-state index in [1.54, 1.807) is 0 Å². The van der Waals surface area contributed by atoms with E-state index in [1.807, 2.05) is 49.7 Å². The fraction of sp³-hybridized carbons (Fsp3) is 0.385. The minimum absolute atomic E-state index is 0.00521. The number of aromatic nitrogens is 3. The predicted molar refractivity (Wildman–Crippen MR) is 69.1 cm³/mol. The van der Waals surface area contributed by atoms with E-state index in [-0.39, 0.29) is 6.04 Å². The molecule has 0 saturated heterocycles. The van der Waals surface area contributed by atoms with Crippen LogP contribution in [0.4, 0.5) is 0 Å². The molecule has 0 spiro atoms. The first kappa shape index (κ1) is 12.6. The molecule has 1 aromatic carbocycles. The number of nitrogens with zero attached hydrogens (tertiary/aromatic N) is 3. The first-order valence-corrected chi connectivity index (χ1v) is 5.91. The second-order valence-electron chi connectivity index (χ2n) is 4.37. The highest BCUT2D eigenvalue weighted by Crippen LogP contribution is 2.18. The number of ether oxygens (including phenoxy) is 1. The molecule has 0 aliphatic heterocycles. The zero-order chi connectivity index (χ0) is 13.1. The third-order valence-corrected chi connectivity index (χ3v) is 2.93. The van der Waals surface area contributed by atoms with Gasteiger partial charge in [-0.2, -0.15) is 0 Å². The summed E-state index contributed by atoms with van der Waals surface area (Å²) in [7, 11) is 1.92. The molecule has 2 aromatic rings. The van der Waals surface area contributed by atoms with E-state index in [9.17, 15) is 0 Å². The van der Waals surface area contributed by atoms with Crippen molar-refractivity contribution in [1.29, 1.82) is 0 Å². The van der Waals surface area contributed by atoms with Gasteiger partial charge >= 0.3 is 0 Å². The fourth-order valence-electron chi connectivity index (χ4n) is 1.61. The maximum atomic E-state index is 5.84. The van der Waals surface area contributed by atoms with Crippen LogP contribution in [-0.4, -0.2) is 14.8 Å². The average Bonchev–Trinajstić information content (AvgIpc) is 2.68. The minimum Gasteiger partial charge on any atom is -0.486 e. The zero-order valence-corrected chi connectivity index (χ0v) is 10.9. The number of aryl methyl sites for hydroxylation is 1. The molecular weight excluding hydrogens is 228 g/mol. The second-order valence-corrected chi connectivity index (χ2v) is 4.37. The van der Waals surface area contributed by atoms with Crippen molar-refractivity contribution in [2.75, 3.05) is 0 Å². The van der Waals surface area contributed by atoms with E-state index in [0.717, 1.165) is 23.0 Å². The highest BCUT2D eigenvalue weighted by atomic mass is 16.5. The summed E-state index contributed by atoms with van der Waals surface area (Å²) in [6.45, 7) is 4.26. The largest absolute Gasteiger partial charge is 0.486 e. The van der Waals surface area contributed by atoms with Gasteiger partial charge in [0, 0.05) is 13.1 Å². The summed E-state index contributed by atoms with van der Waals surface area (Å²) in [6.07, 6.45) is 0. The van der Waals surface area contributed by atoms with Crippen LogP contribution in [-0.2, 0) is 13.7 Å². The minimum atomic E-state index is 0.00521. The van der Waals surface area contributed by atoms with Crippen LogP contribution in [0.1, 0.15) is 30.2 Å². The summed E-state index contributed by atoms with van der Waals surface area (Å²) in [5, 5.41) is 8.04. The molecule has 0 aliphatic rings. The summed E-state index contributed by atoms with van der Waals surface area (Å²) in [5.74, 6) is 2.47. The van der Waals surface area contributed by atoms with E-state index in [0.29, 0.717) is 6.61 Å². The second kappa shape index (κ2) is 5.18. The van der Waals surface area contributed by atoms with Crippen LogP contribution in [0, 0.1) is 6.92 Å². The number of benzene rings is 1. The smallest absolute Gasteiger partial charge is 0.170 e. The third-order valence-electron chi connectivity index (χ3n) is 2.93. The Kier molecular flexibility index (Phi) is 3.62. The Labute approximate surface area is 107 Å². The standard InChI is InChI=1S/C13H18N4O/c1-9(14)11-5-4-6-12(7-11)18-8-13-16-15-10(2)17(13)3/h4-7,9H,8,14H2,1-3H3/t9-/m1/s1. The lowest BCUT2D eigenvalue weighted by Gasteiger charge is -2.09. The van der Waals surface area contributed by atoms with Crippen molar-refractivity contribution in [3.63, 3.8) is 0 Å². The van der Waals surface area contributed by atoms with E-state index < -0.39 is 0 Å². The summed E-state index contributed by atoms with van der Waals surface area (Å²) >= 11 is 0. The van der Waals surface area contributed by atoms with Gasteiger partial charge in [0.1, 0.15) is 18.2 Å². The van der Waals surface area contributed by atoms with Crippen LogP contribution in [0.3, 0.4) is 0 Å². The molecule has 0 bridgehead atoms. The zero-order valence-electron chi connectivity index (χ0n) is 10.9. The van der Waals surface area contributed by atoms with Crippen LogP contribution < -0.4 is 10.5 Å². The summed E-state index contributed by atoms with van der Waals surface area (Å²) < 4.78 is 7.61. The Morgan fingerprint density at radius 3 is 2.78 bits per heavy atom. The average molecular weight is 246 g/mol. The van der Waals surface area contributed by atoms with Crippen molar-refractivity contribution in [2.24, 2.45) is 12.8 Å². The van der Waals surface area contributed by atoms with E-state index >= 15 is 0 Å². The predicted octanol–water partition coefficient (Wildman–Crippen LogP) is 1.72. The molecule has 0 aliphatic carbocycles. The molecule has 0 amide bonds. The van der Waals surface area contributed by atoms with Gasteiger partial charge in [0.2, 0.25) is 0 Å². The molecule has 0 fully saturated rings. The molecule has 18 heavy (non-hydrogen) atoms. The highest BCUT2D eigenvalue weighted by Gasteiger charge is 2.06. The van der Waals surface area contributed by atoms with Gasteiger partial charge in [-0.15, -0.1) is 10.2 Å². The molecule has 96 valence electrons. The first-order valence-electron chi connectivity index (χ1n) is 5.91. The van der Waals surface area contributed by atoms with Gasteiger partial charge in [-0.05, 0) is 31.5 Å². The molecule has 5 heteroatoms. The van der Waals surface area contributed by atoms with Crippen molar-refractivity contribution in [2.45, 2.75) is 26.5 Å². The van der Waals surface area contributed by atoms with E-state index in [4.69, 9.17) is 10.5 Å². The van der Waals surface area contributed by atoms with Gasteiger partial charge in [-0.1, -0.05) is 12.1 Å². The molecule has 1 heterocycles. The molecule has 1 aromatic heterocycles. The van der Waals surface area contributed by atoms with Gasteiger partial charge < -0.3 is 15.0 Å². The molecule has 5 nitrogen and oxygen atoms in total. The number of hydrogen-bond donors (Lipinski definition) is 1. The van der Waals surface area contributed by atoms with Crippen molar-refractivity contribution >= 4 is 0 Å². The highest BCUT2D eigenvalue weighted by molar-refractivity contribution is 5.30. The van der Waals surface area contributed by atoms with Gasteiger partial charge in [-0.3, -0.25) is 0 Å². The van der Waals surface area contributed by atoms with Crippen molar-refractivity contribution in [1.82, 2.24) is 14.8 Å². The van der Waals surface area contributed by atoms with Crippen LogP contribution in [0.15, 0.2) is 24.3 Å². The topological polar surface area (TPSA) is 66.0 Å². The maximum Gasteiger partial charge on any atom is 0.170 e. The van der Waals surface area contributed by atoms with E-state index in [2.05, 4.69) is 10.2 Å². The Morgan fingerprint density at radius 1 is 1.39 bits per heavy atom. The first-order chi connectivity index (χ1) is 8.58. The molecule has 0 radical (unpaired) electrons. The van der Waals surface area contributed by atoms with Crippen LogP contribution in [0.5, 0.6) is 5.75 Å². The van der Waals surface area contributed by atoms with Gasteiger partial charge in [0.15, 0.2) is 5.82 Å². The van der Waals surface area contributed by atoms with Crippen LogP contribution in [0.25, 0.3) is 0 Å². The molecule has 2 N–H and O–H groups in total. The Bertz CT molecular complexity index is 534. The molecule has 2 rings (SSSR count). The van der Waals surface area contributed by atoms with Crippen molar-refractivity contribution < 1.29 is 4.74 Å². The van der Waals surface area contributed by atoms with Gasteiger partial charge in [-0.25, -0.2) is 0 Å². The number of hydrogen-bond acceptors (Lipinski definition) is 4. The fourth-order valence-corrected chi connectivity index (χ4v) is 1.61. The van der Waals surface area contributed by atoms with Gasteiger partial charge in [0.25, 0.3) is 0 Å². The van der Waals surface area contributed by atoms with Gasteiger partial charge in [0.05, 0.1) is 0 Å². The normalized spacial score (nSPS) is 12.4. The number of nitrogens with two attached hydrogens (primary N) is 1. The van der Waals surface area contributed by atoms with E-state index in [1.165, 1.54) is 0 Å². The Balaban J connectivity index is 2.06. The maximum absolute atomic E-state index is 5.84. The number of rotatable bonds is 4. The lowest BCUT2D eigenvalue weighted by atomic mass is 10.1. The Morgan fingerprint density at radius 2 is 2.17 bits per heavy atom. The monoisotopic (exact) mass is 246 g/mol. The van der Waals surface area contributed by atoms with Crippen molar-refractivity contribution in [3.8, 4) is 5.75 Å². The molecule has 1 atom stereocenters. The van der Waals surface area contributed by atoms with Crippen molar-refractivity contribution in [3.05, 3.63) is 41.5 Å². The SMILES string of the molecule is Cc1nnc(COc2cccc([C@@H](C)N)c2)n1C. The quantitative estimate of drug-likeness (QED) is 0.892. The van der Waals surface area contributed by atoms with Crippen LogP contribution in [0.2, 0.25) is 0 Å².